The van der Waals surface area contributed by atoms with Gasteiger partial charge in [0, 0.05) is 17.0 Å². The monoisotopic (exact) mass is 259 g/mol. The number of nitrogens with zero attached hydrogens (tertiary/aromatic N) is 1. The number of aliphatic hydroxyl groups is 1. The van der Waals surface area contributed by atoms with Gasteiger partial charge in [-0.25, -0.2) is 0 Å². The summed E-state index contributed by atoms with van der Waals surface area (Å²) in [5.41, 5.74) is 1.58. The summed E-state index contributed by atoms with van der Waals surface area (Å²) in [6, 6.07) is 5.68. The summed E-state index contributed by atoms with van der Waals surface area (Å²) < 4.78 is 0. The number of hydrogen-bond donors (Lipinski definition) is 3. The number of nitrogens with one attached hydrogen (secondary N) is 2. The molecule has 100 valence electrons. The summed E-state index contributed by atoms with van der Waals surface area (Å²) in [5, 5.41) is 20.2. The second-order valence-corrected chi connectivity index (χ2v) is 5.15. The number of carbonyl (C=O) groups excluding carboxylic acids is 1. The molecule has 1 aromatic heterocycles. The number of benzene rings is 1. The van der Waals surface area contributed by atoms with Crippen molar-refractivity contribution < 1.29 is 9.90 Å². The lowest BCUT2D eigenvalue weighted by molar-refractivity contribution is 0.0868. The molecule has 1 heterocycles. The molecule has 0 radical (unpaired) electrons. The fraction of sp³-hybridized carbons (Fsp3) is 0.429. The minimum atomic E-state index is -0.199. The van der Waals surface area contributed by atoms with Crippen molar-refractivity contribution in [3.8, 4) is 0 Å². The molecular weight excluding hydrogens is 242 g/mol. The topological polar surface area (TPSA) is 78.0 Å². The summed E-state index contributed by atoms with van der Waals surface area (Å²) in [4.78, 5) is 12.2. The van der Waals surface area contributed by atoms with Crippen molar-refractivity contribution in [2.75, 3.05) is 0 Å². The maximum atomic E-state index is 12.2. The normalized spacial score (nSPS) is 23.4. The van der Waals surface area contributed by atoms with E-state index in [1.54, 1.807) is 12.3 Å². The molecule has 0 unspecified atom stereocenters. The van der Waals surface area contributed by atoms with E-state index in [1.165, 1.54) is 0 Å². The number of aliphatic hydroxyl groups excluding tert-OH is 1. The van der Waals surface area contributed by atoms with Crippen molar-refractivity contribution in [3.63, 3.8) is 0 Å². The van der Waals surface area contributed by atoms with Gasteiger partial charge in [0.1, 0.15) is 0 Å². The molecule has 0 aliphatic heterocycles. The molecule has 1 saturated carbocycles. The fourth-order valence-corrected chi connectivity index (χ4v) is 2.57. The van der Waals surface area contributed by atoms with Gasteiger partial charge in [-0.1, -0.05) is 0 Å². The molecule has 5 nitrogen and oxygen atoms in total. The third-order valence-electron chi connectivity index (χ3n) is 3.73. The molecule has 0 spiro atoms. The van der Waals surface area contributed by atoms with E-state index in [0.29, 0.717) is 5.56 Å². The molecular formula is C14H17N3O2. The first-order valence-electron chi connectivity index (χ1n) is 6.64. The quantitative estimate of drug-likeness (QED) is 0.766. The third kappa shape index (κ3) is 2.61. The van der Waals surface area contributed by atoms with E-state index in [4.69, 9.17) is 0 Å². The van der Waals surface area contributed by atoms with Gasteiger partial charge in [0.05, 0.1) is 17.8 Å². The van der Waals surface area contributed by atoms with Gasteiger partial charge in [0.2, 0.25) is 0 Å². The van der Waals surface area contributed by atoms with Gasteiger partial charge in [-0.05, 0) is 43.9 Å². The third-order valence-corrected chi connectivity index (χ3v) is 3.73. The summed E-state index contributed by atoms with van der Waals surface area (Å²) in [6.07, 6.45) is 4.75. The summed E-state index contributed by atoms with van der Waals surface area (Å²) >= 11 is 0. The first-order valence-corrected chi connectivity index (χ1v) is 6.64. The van der Waals surface area contributed by atoms with E-state index < -0.39 is 0 Å². The van der Waals surface area contributed by atoms with Crippen LogP contribution in [0.5, 0.6) is 0 Å². The summed E-state index contributed by atoms with van der Waals surface area (Å²) in [7, 11) is 0. The van der Waals surface area contributed by atoms with Crippen LogP contribution >= 0.6 is 0 Å². The average molecular weight is 259 g/mol. The number of aromatic amines is 1. The zero-order valence-corrected chi connectivity index (χ0v) is 10.6. The van der Waals surface area contributed by atoms with Gasteiger partial charge >= 0.3 is 0 Å². The highest BCUT2D eigenvalue weighted by Crippen LogP contribution is 2.19. The molecule has 3 rings (SSSR count). The Labute approximate surface area is 111 Å². The van der Waals surface area contributed by atoms with Gasteiger partial charge in [-0.3, -0.25) is 9.89 Å². The predicted molar refractivity (Wildman–Crippen MR) is 71.8 cm³/mol. The molecule has 5 heteroatoms. The van der Waals surface area contributed by atoms with Crippen LogP contribution in [0.25, 0.3) is 10.9 Å². The highest BCUT2D eigenvalue weighted by molar-refractivity contribution is 5.97. The Bertz CT molecular complexity index is 585. The second kappa shape index (κ2) is 5.01. The lowest BCUT2D eigenvalue weighted by Gasteiger charge is -2.26. The van der Waals surface area contributed by atoms with Crippen molar-refractivity contribution in [2.45, 2.75) is 37.8 Å². The average Bonchev–Trinajstić information content (AvgIpc) is 2.88. The first kappa shape index (κ1) is 12.2. The van der Waals surface area contributed by atoms with E-state index in [9.17, 15) is 9.90 Å². The molecule has 0 atom stereocenters. The lowest BCUT2D eigenvalue weighted by atomic mass is 9.93. The van der Waals surface area contributed by atoms with Crippen molar-refractivity contribution in [1.82, 2.24) is 15.5 Å². The van der Waals surface area contributed by atoms with Gasteiger partial charge in [-0.15, -0.1) is 0 Å². The zero-order chi connectivity index (χ0) is 13.2. The molecule has 1 aliphatic rings. The van der Waals surface area contributed by atoms with Crippen LogP contribution < -0.4 is 5.32 Å². The molecule has 0 bridgehead atoms. The van der Waals surface area contributed by atoms with Crippen LogP contribution in [0.2, 0.25) is 0 Å². The molecule has 3 N–H and O–H groups in total. The van der Waals surface area contributed by atoms with Gasteiger partial charge in [-0.2, -0.15) is 5.10 Å². The van der Waals surface area contributed by atoms with E-state index in [1.807, 2.05) is 12.1 Å². The van der Waals surface area contributed by atoms with Crippen molar-refractivity contribution >= 4 is 16.8 Å². The Balaban J connectivity index is 1.69. The number of carbonyl (C=O) groups is 1. The number of fused-ring (bicyclic) bond motifs is 1. The molecule has 1 fully saturated rings. The van der Waals surface area contributed by atoms with E-state index in [2.05, 4.69) is 15.5 Å². The zero-order valence-electron chi connectivity index (χ0n) is 10.6. The van der Waals surface area contributed by atoms with Crippen LogP contribution in [0.1, 0.15) is 36.0 Å². The smallest absolute Gasteiger partial charge is 0.251 e. The van der Waals surface area contributed by atoms with E-state index in [0.717, 1.165) is 36.6 Å². The van der Waals surface area contributed by atoms with Crippen molar-refractivity contribution in [3.05, 3.63) is 30.0 Å². The Morgan fingerprint density at radius 3 is 2.89 bits per heavy atom. The molecule has 1 aromatic carbocycles. The Hall–Kier alpha value is -1.88. The summed E-state index contributed by atoms with van der Waals surface area (Å²) in [6.45, 7) is 0. The van der Waals surface area contributed by atoms with E-state index >= 15 is 0 Å². The minimum absolute atomic E-state index is 0.0514. The highest BCUT2D eigenvalue weighted by atomic mass is 16.3. The second-order valence-electron chi connectivity index (χ2n) is 5.15. The maximum Gasteiger partial charge on any atom is 0.251 e. The molecule has 0 saturated heterocycles. The number of aromatic nitrogens is 2. The van der Waals surface area contributed by atoms with Crippen LogP contribution in [-0.2, 0) is 0 Å². The maximum absolute atomic E-state index is 12.2. The van der Waals surface area contributed by atoms with Gasteiger partial charge in [0.15, 0.2) is 0 Å². The number of rotatable bonds is 2. The van der Waals surface area contributed by atoms with Gasteiger partial charge < -0.3 is 10.4 Å². The largest absolute Gasteiger partial charge is 0.393 e. The van der Waals surface area contributed by atoms with Crippen molar-refractivity contribution in [2.24, 2.45) is 0 Å². The molecule has 19 heavy (non-hydrogen) atoms. The Morgan fingerprint density at radius 2 is 2.11 bits per heavy atom. The number of amides is 1. The predicted octanol–water partition coefficient (Wildman–Crippen LogP) is 1.60. The number of H-pyrrole nitrogens is 1. The van der Waals surface area contributed by atoms with E-state index in [-0.39, 0.29) is 18.1 Å². The fourth-order valence-electron chi connectivity index (χ4n) is 2.57. The van der Waals surface area contributed by atoms with Crippen LogP contribution in [0.3, 0.4) is 0 Å². The van der Waals surface area contributed by atoms with Crippen LogP contribution in [0.4, 0.5) is 0 Å². The molecule has 1 amide bonds. The SMILES string of the molecule is O=C(N[C@H]1CC[C@H](O)CC1)c1ccc2[nH]ncc2c1. The first-order chi connectivity index (χ1) is 9.22. The lowest BCUT2D eigenvalue weighted by Crippen LogP contribution is -2.38. The van der Waals surface area contributed by atoms with Crippen molar-refractivity contribution in [1.29, 1.82) is 0 Å². The van der Waals surface area contributed by atoms with Gasteiger partial charge in [0.25, 0.3) is 5.91 Å². The highest BCUT2D eigenvalue weighted by Gasteiger charge is 2.21. The Kier molecular flexibility index (Phi) is 3.21. The number of hydrogen-bond acceptors (Lipinski definition) is 3. The Morgan fingerprint density at radius 1 is 1.32 bits per heavy atom. The minimum Gasteiger partial charge on any atom is -0.393 e. The van der Waals surface area contributed by atoms with Crippen LogP contribution in [0.15, 0.2) is 24.4 Å². The molecule has 1 aliphatic carbocycles. The molecule has 2 aromatic rings. The van der Waals surface area contributed by atoms with Crippen LogP contribution in [-0.4, -0.2) is 33.4 Å². The summed E-state index contributed by atoms with van der Waals surface area (Å²) in [5.74, 6) is -0.0514. The van der Waals surface area contributed by atoms with Crippen LogP contribution in [0, 0.1) is 0 Å². The standard InChI is InChI=1S/C14H17N3O2/c18-12-4-2-11(3-5-12)16-14(19)9-1-6-13-10(7-9)8-15-17-13/h1,6-8,11-12,18H,2-5H2,(H,15,17)(H,16,19)/t11-,12-.